The van der Waals surface area contributed by atoms with E-state index in [1.165, 1.54) is 10.7 Å². The lowest BCUT2D eigenvalue weighted by Gasteiger charge is -2.10. The van der Waals surface area contributed by atoms with Crippen molar-refractivity contribution >= 4 is 44.8 Å². The molecule has 0 unspecified atom stereocenters. The van der Waals surface area contributed by atoms with Crippen LogP contribution in [0.5, 0.6) is 0 Å². The third-order valence-electron chi connectivity index (χ3n) is 4.94. The van der Waals surface area contributed by atoms with Crippen LogP contribution < -0.4 is 4.72 Å². The first-order valence-electron chi connectivity index (χ1n) is 9.79. The van der Waals surface area contributed by atoms with Crippen LogP contribution in [0.15, 0.2) is 65.6 Å². The van der Waals surface area contributed by atoms with Crippen molar-refractivity contribution in [2.45, 2.75) is 11.4 Å². The number of sulfonamides is 1. The zero-order valence-electron chi connectivity index (χ0n) is 17.4. The van der Waals surface area contributed by atoms with Gasteiger partial charge in [-0.05, 0) is 42.5 Å². The predicted octanol–water partition coefficient (Wildman–Crippen LogP) is 6.13. The Labute approximate surface area is 214 Å². The van der Waals surface area contributed by atoms with E-state index in [0.29, 0.717) is 27.0 Å². The van der Waals surface area contributed by atoms with E-state index in [4.69, 9.17) is 34.8 Å². The molecule has 4 rings (SSSR count). The Kier molecular flexibility index (Phi) is 7.12. The number of nitriles is 1. The fraction of sp³-hybridized carbons (Fsp3) is 0.0435. The van der Waals surface area contributed by atoms with Gasteiger partial charge in [0, 0.05) is 15.6 Å². The highest BCUT2D eigenvalue weighted by atomic mass is 35.5. The summed E-state index contributed by atoms with van der Waals surface area (Å²) in [6.07, 6.45) is 0. The minimum atomic E-state index is -4.62. The topological polar surface area (TPSA) is 87.8 Å². The lowest BCUT2D eigenvalue weighted by atomic mass is 10.1. The average molecular weight is 554 g/mol. The van der Waals surface area contributed by atoms with Crippen molar-refractivity contribution in [3.63, 3.8) is 0 Å². The highest BCUT2D eigenvalue weighted by Gasteiger charge is 2.27. The van der Waals surface area contributed by atoms with Crippen molar-refractivity contribution in [1.29, 1.82) is 5.26 Å². The molecule has 4 aromatic rings. The SMILES string of the molecule is N#Cc1c(CNS(=O)(=O)c2c(F)cccc2F)nn(-c2ccc(Cl)cc2Cl)c1-c1ccc(Cl)cc1. The Morgan fingerprint density at radius 2 is 1.60 bits per heavy atom. The fourth-order valence-corrected chi connectivity index (χ4v) is 5.12. The summed E-state index contributed by atoms with van der Waals surface area (Å²) in [6.45, 7) is -0.530. The van der Waals surface area contributed by atoms with Gasteiger partial charge in [-0.3, -0.25) is 0 Å². The van der Waals surface area contributed by atoms with Crippen molar-refractivity contribution < 1.29 is 17.2 Å². The molecular weight excluding hydrogens is 541 g/mol. The van der Waals surface area contributed by atoms with Gasteiger partial charge in [-0.25, -0.2) is 26.6 Å². The molecule has 178 valence electrons. The second-order valence-corrected chi connectivity index (χ2v) is 10.2. The second-order valence-electron chi connectivity index (χ2n) is 7.17. The van der Waals surface area contributed by atoms with Gasteiger partial charge in [0.25, 0.3) is 0 Å². The van der Waals surface area contributed by atoms with Gasteiger partial charge in [0.05, 0.1) is 28.6 Å². The van der Waals surface area contributed by atoms with Gasteiger partial charge >= 0.3 is 0 Å². The highest BCUT2D eigenvalue weighted by molar-refractivity contribution is 7.89. The summed E-state index contributed by atoms with van der Waals surface area (Å²) in [5.74, 6) is -2.50. The Morgan fingerprint density at radius 3 is 2.20 bits per heavy atom. The number of nitrogens with zero attached hydrogens (tertiary/aromatic N) is 3. The van der Waals surface area contributed by atoms with Crippen LogP contribution >= 0.6 is 34.8 Å². The quantitative estimate of drug-likeness (QED) is 0.311. The first-order chi connectivity index (χ1) is 16.6. The first kappa shape index (κ1) is 25.1. The first-order valence-corrected chi connectivity index (χ1v) is 12.4. The predicted molar refractivity (Wildman–Crippen MR) is 129 cm³/mol. The minimum absolute atomic E-state index is 0.00351. The molecule has 12 heteroatoms. The number of halogens is 5. The molecule has 0 bridgehead atoms. The normalized spacial score (nSPS) is 11.4. The molecule has 35 heavy (non-hydrogen) atoms. The molecule has 0 fully saturated rings. The number of rotatable bonds is 6. The van der Waals surface area contributed by atoms with E-state index in [1.807, 2.05) is 6.07 Å². The summed E-state index contributed by atoms with van der Waals surface area (Å²) < 4.78 is 56.9. The van der Waals surface area contributed by atoms with Crippen molar-refractivity contribution in [3.05, 3.63) is 98.6 Å². The molecule has 0 radical (unpaired) electrons. The number of benzene rings is 3. The lowest BCUT2D eigenvalue weighted by molar-refractivity contribution is 0.513. The fourth-order valence-electron chi connectivity index (χ4n) is 3.38. The van der Waals surface area contributed by atoms with E-state index in [9.17, 15) is 22.5 Å². The van der Waals surface area contributed by atoms with Crippen LogP contribution in [0, 0.1) is 23.0 Å². The van der Waals surface area contributed by atoms with Gasteiger partial charge in [0.2, 0.25) is 10.0 Å². The third-order valence-corrected chi connectivity index (χ3v) is 7.18. The molecule has 1 heterocycles. The maximum Gasteiger partial charge on any atom is 0.246 e. The Bertz CT molecular complexity index is 1560. The smallest absolute Gasteiger partial charge is 0.230 e. The monoisotopic (exact) mass is 552 g/mol. The lowest BCUT2D eigenvalue weighted by Crippen LogP contribution is -2.26. The van der Waals surface area contributed by atoms with E-state index in [2.05, 4.69) is 9.82 Å². The molecule has 6 nitrogen and oxygen atoms in total. The number of hydrogen-bond acceptors (Lipinski definition) is 4. The van der Waals surface area contributed by atoms with Crippen molar-refractivity contribution in [3.8, 4) is 23.0 Å². The number of hydrogen-bond donors (Lipinski definition) is 1. The molecule has 0 saturated heterocycles. The van der Waals surface area contributed by atoms with Crippen LogP contribution in [0.3, 0.4) is 0 Å². The van der Waals surface area contributed by atoms with Crippen LogP contribution in [-0.2, 0) is 16.6 Å². The molecule has 1 aromatic heterocycles. The van der Waals surface area contributed by atoms with Crippen molar-refractivity contribution in [1.82, 2.24) is 14.5 Å². The van der Waals surface area contributed by atoms with E-state index in [0.717, 1.165) is 18.2 Å². The number of aromatic nitrogens is 2. The maximum atomic E-state index is 14.1. The molecule has 0 aliphatic rings. The average Bonchev–Trinajstić information content (AvgIpc) is 3.16. The highest BCUT2D eigenvalue weighted by Crippen LogP contribution is 2.33. The van der Waals surface area contributed by atoms with E-state index < -0.39 is 33.1 Å². The second kappa shape index (κ2) is 9.93. The van der Waals surface area contributed by atoms with Crippen molar-refractivity contribution in [2.24, 2.45) is 0 Å². The molecule has 0 spiro atoms. The summed E-state index contributed by atoms with van der Waals surface area (Å²) in [5, 5.41) is 15.4. The Hall–Kier alpha value is -3.00. The Morgan fingerprint density at radius 1 is 0.971 bits per heavy atom. The maximum absolute atomic E-state index is 14.1. The van der Waals surface area contributed by atoms with Crippen LogP contribution in [0.1, 0.15) is 11.3 Å². The van der Waals surface area contributed by atoms with Gasteiger partial charge in [0.15, 0.2) is 4.90 Å². The third kappa shape index (κ3) is 5.03. The van der Waals surface area contributed by atoms with Crippen LogP contribution in [0.25, 0.3) is 16.9 Å². The zero-order valence-corrected chi connectivity index (χ0v) is 20.5. The van der Waals surface area contributed by atoms with Gasteiger partial charge in [-0.1, -0.05) is 53.0 Å². The minimum Gasteiger partial charge on any atom is -0.230 e. The van der Waals surface area contributed by atoms with Crippen LogP contribution in [0.2, 0.25) is 15.1 Å². The standard InChI is InChI=1S/C23H13Cl3F2N4O2S/c24-14-6-4-13(5-7-14)22-16(11-29)20(31-32(22)21-9-8-15(25)10-17(21)26)12-30-35(33,34)23-18(27)2-1-3-19(23)28/h1-10,30H,12H2. The molecule has 0 aliphatic carbocycles. The summed E-state index contributed by atoms with van der Waals surface area (Å²) in [7, 11) is -4.62. The zero-order chi connectivity index (χ0) is 25.3. The van der Waals surface area contributed by atoms with E-state index >= 15 is 0 Å². The van der Waals surface area contributed by atoms with Gasteiger partial charge in [0.1, 0.15) is 23.3 Å². The molecule has 0 saturated carbocycles. The van der Waals surface area contributed by atoms with Gasteiger partial charge in [-0.15, -0.1) is 0 Å². The molecule has 0 amide bonds. The molecule has 0 aliphatic heterocycles. The summed E-state index contributed by atoms with van der Waals surface area (Å²) in [5.41, 5.74) is 1.24. The van der Waals surface area contributed by atoms with Gasteiger partial charge in [-0.2, -0.15) is 10.4 Å². The van der Waals surface area contributed by atoms with E-state index in [1.54, 1.807) is 36.4 Å². The van der Waals surface area contributed by atoms with Crippen molar-refractivity contribution in [2.75, 3.05) is 0 Å². The summed E-state index contributed by atoms with van der Waals surface area (Å²) in [6, 6.07) is 15.9. The molecule has 0 atom stereocenters. The summed E-state index contributed by atoms with van der Waals surface area (Å²) >= 11 is 18.4. The molecule has 3 aromatic carbocycles. The number of nitrogens with one attached hydrogen (secondary N) is 1. The van der Waals surface area contributed by atoms with Crippen LogP contribution in [-0.4, -0.2) is 18.2 Å². The van der Waals surface area contributed by atoms with Crippen LogP contribution in [0.4, 0.5) is 8.78 Å². The molecule has 1 N–H and O–H groups in total. The summed E-state index contributed by atoms with van der Waals surface area (Å²) in [4.78, 5) is -1.13. The molecular formula is C23H13Cl3F2N4O2S. The largest absolute Gasteiger partial charge is 0.246 e. The Balaban J connectivity index is 1.84. The van der Waals surface area contributed by atoms with E-state index in [-0.39, 0.29) is 16.3 Å². The van der Waals surface area contributed by atoms with Gasteiger partial charge < -0.3 is 0 Å².